The van der Waals surface area contributed by atoms with Crippen molar-refractivity contribution in [3.63, 3.8) is 0 Å². The smallest absolute Gasteiger partial charge is 0.258 e. The SMILES string of the molecule is Oc1ccccc1-c1nnc2n1Nc1onc(-c3ccccc3Cl)c1S2. The number of aromatic nitrogens is 4. The number of nitrogens with one attached hydrogen (secondary N) is 1. The Balaban J connectivity index is 1.59. The maximum absolute atomic E-state index is 10.1. The van der Waals surface area contributed by atoms with E-state index in [1.807, 2.05) is 24.3 Å². The van der Waals surface area contributed by atoms with Crippen LogP contribution in [0.5, 0.6) is 5.75 Å². The molecule has 3 heterocycles. The molecule has 4 aromatic rings. The first-order valence-corrected chi connectivity index (χ1v) is 8.85. The fourth-order valence-corrected chi connectivity index (χ4v) is 3.87. The van der Waals surface area contributed by atoms with Crippen molar-refractivity contribution in [3.8, 4) is 28.4 Å². The molecule has 1 aliphatic heterocycles. The molecular formula is C17H10ClN5O2S. The van der Waals surface area contributed by atoms with Gasteiger partial charge in [-0.1, -0.05) is 47.1 Å². The average molecular weight is 384 g/mol. The van der Waals surface area contributed by atoms with Crippen molar-refractivity contribution in [2.24, 2.45) is 0 Å². The first-order valence-electron chi connectivity index (χ1n) is 7.65. The molecule has 0 aliphatic carbocycles. The number of aromatic hydroxyl groups is 1. The molecule has 2 N–H and O–H groups in total. The predicted molar refractivity (Wildman–Crippen MR) is 97.2 cm³/mol. The summed E-state index contributed by atoms with van der Waals surface area (Å²) >= 11 is 7.66. The minimum Gasteiger partial charge on any atom is -0.507 e. The summed E-state index contributed by atoms with van der Waals surface area (Å²) in [6, 6.07) is 14.4. The van der Waals surface area contributed by atoms with Gasteiger partial charge in [0.2, 0.25) is 5.16 Å². The Labute approximate surface area is 156 Å². The summed E-state index contributed by atoms with van der Waals surface area (Å²) in [6.45, 7) is 0. The summed E-state index contributed by atoms with van der Waals surface area (Å²) in [4.78, 5) is 0.779. The van der Waals surface area contributed by atoms with E-state index in [1.54, 1.807) is 28.9 Å². The standard InChI is InChI=1S/C17H10ClN5O2S/c18-11-7-3-1-5-9(11)13-14-16(25-22-13)21-23-15(19-20-17(23)26-14)10-6-2-4-8-12(10)24/h1-8,21,24H. The van der Waals surface area contributed by atoms with E-state index >= 15 is 0 Å². The molecule has 0 saturated heterocycles. The molecule has 0 spiro atoms. The number of anilines is 1. The molecule has 0 atom stereocenters. The third-order valence-corrected chi connectivity index (χ3v) is 5.32. The van der Waals surface area contributed by atoms with E-state index in [-0.39, 0.29) is 5.75 Å². The molecule has 2 aromatic carbocycles. The second-order valence-electron chi connectivity index (χ2n) is 5.54. The zero-order chi connectivity index (χ0) is 17.7. The second kappa shape index (κ2) is 5.79. The van der Waals surface area contributed by atoms with Gasteiger partial charge in [0.1, 0.15) is 16.3 Å². The lowest BCUT2D eigenvalue weighted by Crippen LogP contribution is -2.15. The topological polar surface area (TPSA) is 89.0 Å². The molecule has 5 rings (SSSR count). The van der Waals surface area contributed by atoms with Crippen LogP contribution in [0.3, 0.4) is 0 Å². The van der Waals surface area contributed by atoms with Gasteiger partial charge in [-0.15, -0.1) is 10.2 Å². The van der Waals surface area contributed by atoms with Crippen LogP contribution in [0.15, 0.2) is 63.1 Å². The summed E-state index contributed by atoms with van der Waals surface area (Å²) in [7, 11) is 0. The quantitative estimate of drug-likeness (QED) is 0.469. The Kier molecular flexibility index (Phi) is 3.41. The molecule has 0 radical (unpaired) electrons. The maximum Gasteiger partial charge on any atom is 0.258 e. The van der Waals surface area contributed by atoms with Gasteiger partial charge in [0.15, 0.2) is 5.82 Å². The van der Waals surface area contributed by atoms with Gasteiger partial charge in [0.05, 0.1) is 10.6 Å². The van der Waals surface area contributed by atoms with Gasteiger partial charge in [0.25, 0.3) is 5.88 Å². The third kappa shape index (κ3) is 2.27. The van der Waals surface area contributed by atoms with Crippen LogP contribution in [-0.4, -0.2) is 25.1 Å². The largest absolute Gasteiger partial charge is 0.507 e. The molecule has 0 amide bonds. The number of rotatable bonds is 2. The van der Waals surface area contributed by atoms with Crippen molar-refractivity contribution in [1.29, 1.82) is 0 Å². The van der Waals surface area contributed by atoms with E-state index < -0.39 is 0 Å². The fraction of sp³-hybridized carbons (Fsp3) is 0. The Bertz CT molecular complexity index is 1050. The molecule has 9 heteroatoms. The molecule has 0 saturated carbocycles. The average Bonchev–Trinajstić information content (AvgIpc) is 3.24. The van der Waals surface area contributed by atoms with E-state index in [0.717, 1.165) is 10.5 Å². The minimum atomic E-state index is 0.120. The summed E-state index contributed by atoms with van der Waals surface area (Å²) in [5.74, 6) is 1.07. The number of phenolic OH excluding ortho intramolecular Hbond substituents is 1. The number of benzene rings is 2. The second-order valence-corrected chi connectivity index (χ2v) is 6.93. The van der Waals surface area contributed by atoms with Crippen molar-refractivity contribution in [3.05, 3.63) is 53.6 Å². The monoisotopic (exact) mass is 383 g/mol. The van der Waals surface area contributed by atoms with Crippen LogP contribution in [0.4, 0.5) is 5.88 Å². The highest BCUT2D eigenvalue weighted by Gasteiger charge is 2.29. The van der Waals surface area contributed by atoms with Crippen molar-refractivity contribution >= 4 is 29.2 Å². The highest BCUT2D eigenvalue weighted by molar-refractivity contribution is 7.99. The number of fused-ring (bicyclic) bond motifs is 2. The lowest BCUT2D eigenvalue weighted by atomic mass is 10.1. The fourth-order valence-electron chi connectivity index (χ4n) is 2.74. The van der Waals surface area contributed by atoms with Crippen LogP contribution in [0.2, 0.25) is 5.02 Å². The zero-order valence-corrected chi connectivity index (χ0v) is 14.6. The Morgan fingerprint density at radius 2 is 1.81 bits per heavy atom. The molecule has 0 fully saturated rings. The number of para-hydroxylation sites is 1. The third-order valence-electron chi connectivity index (χ3n) is 3.96. The highest BCUT2D eigenvalue weighted by Crippen LogP contribution is 2.45. The molecule has 2 aromatic heterocycles. The van der Waals surface area contributed by atoms with Gasteiger partial charge in [-0.2, -0.15) is 0 Å². The molecular weight excluding hydrogens is 374 g/mol. The molecule has 128 valence electrons. The number of hydrogen-bond donors (Lipinski definition) is 2. The van der Waals surface area contributed by atoms with Crippen LogP contribution in [0, 0.1) is 0 Å². The minimum absolute atomic E-state index is 0.120. The van der Waals surface area contributed by atoms with Gasteiger partial charge in [-0.25, -0.2) is 4.68 Å². The molecule has 0 unspecified atom stereocenters. The predicted octanol–water partition coefficient (Wildman–Crippen LogP) is 4.30. The van der Waals surface area contributed by atoms with Crippen molar-refractivity contribution in [2.75, 3.05) is 5.43 Å². The number of halogens is 1. The van der Waals surface area contributed by atoms with E-state index in [9.17, 15) is 5.11 Å². The van der Waals surface area contributed by atoms with Gasteiger partial charge in [-0.3, -0.25) is 5.43 Å². The van der Waals surface area contributed by atoms with Crippen LogP contribution >= 0.6 is 23.4 Å². The first kappa shape index (κ1) is 15.3. The first-order chi connectivity index (χ1) is 12.7. The van der Waals surface area contributed by atoms with E-state index in [0.29, 0.717) is 33.1 Å². The summed E-state index contributed by atoms with van der Waals surface area (Å²) in [5.41, 5.74) is 5.10. The summed E-state index contributed by atoms with van der Waals surface area (Å²) in [6.07, 6.45) is 0. The van der Waals surface area contributed by atoms with Crippen molar-refractivity contribution < 1.29 is 9.63 Å². The van der Waals surface area contributed by atoms with Crippen molar-refractivity contribution in [1.82, 2.24) is 20.0 Å². The molecule has 7 nitrogen and oxygen atoms in total. The highest BCUT2D eigenvalue weighted by atomic mass is 35.5. The Morgan fingerprint density at radius 3 is 2.62 bits per heavy atom. The zero-order valence-electron chi connectivity index (χ0n) is 13.0. The summed E-state index contributed by atoms with van der Waals surface area (Å²) < 4.78 is 7.12. The van der Waals surface area contributed by atoms with Gasteiger partial charge in [0, 0.05) is 5.56 Å². The Morgan fingerprint density at radius 1 is 1.04 bits per heavy atom. The Hall–Kier alpha value is -2.97. The van der Waals surface area contributed by atoms with Crippen LogP contribution in [0.25, 0.3) is 22.6 Å². The van der Waals surface area contributed by atoms with E-state index in [4.69, 9.17) is 16.1 Å². The van der Waals surface area contributed by atoms with Crippen molar-refractivity contribution in [2.45, 2.75) is 10.1 Å². The summed E-state index contributed by atoms with van der Waals surface area (Å²) in [5, 5.41) is 23.8. The molecule has 0 bridgehead atoms. The number of hydrogen-bond acceptors (Lipinski definition) is 7. The normalized spacial score (nSPS) is 12.3. The van der Waals surface area contributed by atoms with Crippen LogP contribution in [0.1, 0.15) is 0 Å². The number of phenols is 1. The lowest BCUT2D eigenvalue weighted by molar-refractivity contribution is 0.427. The molecule has 1 aliphatic rings. The lowest BCUT2D eigenvalue weighted by Gasteiger charge is -2.16. The van der Waals surface area contributed by atoms with Gasteiger partial charge >= 0.3 is 0 Å². The van der Waals surface area contributed by atoms with E-state index in [2.05, 4.69) is 20.8 Å². The van der Waals surface area contributed by atoms with Gasteiger partial charge in [-0.05, 0) is 30.0 Å². The van der Waals surface area contributed by atoms with Crippen LogP contribution < -0.4 is 5.43 Å². The van der Waals surface area contributed by atoms with E-state index in [1.165, 1.54) is 11.8 Å². The van der Waals surface area contributed by atoms with Crippen LogP contribution in [-0.2, 0) is 0 Å². The molecule has 26 heavy (non-hydrogen) atoms. The number of nitrogens with zero attached hydrogens (tertiary/aromatic N) is 4. The van der Waals surface area contributed by atoms with Gasteiger partial charge < -0.3 is 9.63 Å². The maximum atomic E-state index is 10.1.